The Morgan fingerprint density at radius 1 is 1.04 bits per heavy atom. The number of carbonyl (C=O) groups excluding carboxylic acids is 1. The Labute approximate surface area is 168 Å². The van der Waals surface area contributed by atoms with Crippen LogP contribution in [0.15, 0.2) is 66.9 Å². The number of rotatable bonds is 5. The van der Waals surface area contributed by atoms with E-state index in [9.17, 15) is 9.18 Å². The maximum Gasteiger partial charge on any atom is 0.255 e. The van der Waals surface area contributed by atoms with E-state index in [-0.39, 0.29) is 17.5 Å². The molecule has 1 atom stereocenters. The van der Waals surface area contributed by atoms with Gasteiger partial charge in [0.25, 0.3) is 5.91 Å². The molecule has 3 aromatic rings. The number of benzene rings is 2. The van der Waals surface area contributed by atoms with Crippen LogP contribution in [0.25, 0.3) is 0 Å². The molecule has 0 spiro atoms. The third-order valence-electron chi connectivity index (χ3n) is 4.26. The highest BCUT2D eigenvalue weighted by Crippen LogP contribution is 2.16. The Hall–Kier alpha value is -3.19. The summed E-state index contributed by atoms with van der Waals surface area (Å²) in [6, 6.07) is 16.8. The second-order valence-electron chi connectivity index (χ2n) is 6.41. The minimum Gasteiger partial charge on any atom is -0.354 e. The molecule has 0 aliphatic heterocycles. The Morgan fingerprint density at radius 3 is 2.32 bits per heavy atom. The molecule has 2 aromatic carbocycles. The highest BCUT2D eigenvalue weighted by molar-refractivity contribution is 7.80. The van der Waals surface area contributed by atoms with E-state index in [4.69, 9.17) is 12.2 Å². The van der Waals surface area contributed by atoms with E-state index in [0.29, 0.717) is 10.8 Å². The lowest BCUT2D eigenvalue weighted by atomic mass is 10.2. The minimum absolute atomic E-state index is 0.0600. The van der Waals surface area contributed by atoms with Gasteiger partial charge in [-0.05, 0) is 73.7 Å². The number of hydrogen-bond acceptors (Lipinski definition) is 2. The summed E-state index contributed by atoms with van der Waals surface area (Å²) in [5.41, 5.74) is 2.79. The highest BCUT2D eigenvalue weighted by Gasteiger charge is 2.10. The fraction of sp³-hybridized carbons (Fsp3) is 0.143. The van der Waals surface area contributed by atoms with Crippen LogP contribution in [0, 0.1) is 5.82 Å². The van der Waals surface area contributed by atoms with Gasteiger partial charge >= 0.3 is 0 Å². The summed E-state index contributed by atoms with van der Waals surface area (Å²) in [4.78, 5) is 12.2. The second-order valence-corrected chi connectivity index (χ2v) is 6.81. The number of amides is 1. The molecule has 0 fully saturated rings. The largest absolute Gasteiger partial charge is 0.354 e. The van der Waals surface area contributed by atoms with Gasteiger partial charge in [-0.3, -0.25) is 4.79 Å². The van der Waals surface area contributed by atoms with Crippen molar-refractivity contribution in [1.82, 2.24) is 9.88 Å². The number of hydrogen-bond donors (Lipinski definition) is 3. The molecule has 0 saturated carbocycles. The predicted octanol–water partition coefficient (Wildman–Crippen LogP) is 4.46. The van der Waals surface area contributed by atoms with Crippen LogP contribution in [0.5, 0.6) is 0 Å². The molecule has 3 N–H and O–H groups in total. The van der Waals surface area contributed by atoms with Gasteiger partial charge in [-0.25, -0.2) is 4.39 Å². The van der Waals surface area contributed by atoms with Crippen LogP contribution in [-0.4, -0.2) is 15.6 Å². The first-order valence-corrected chi connectivity index (χ1v) is 9.19. The molecule has 144 valence electrons. The van der Waals surface area contributed by atoms with Crippen LogP contribution < -0.4 is 16.0 Å². The molecule has 0 aliphatic carbocycles. The number of nitrogens with one attached hydrogen (secondary N) is 3. The van der Waals surface area contributed by atoms with Gasteiger partial charge in [0.15, 0.2) is 5.11 Å². The Morgan fingerprint density at radius 2 is 1.71 bits per heavy atom. The van der Waals surface area contributed by atoms with Gasteiger partial charge in [-0.1, -0.05) is 6.07 Å². The molecule has 1 unspecified atom stereocenters. The molecule has 5 nitrogen and oxygen atoms in total. The standard InChI is InChI=1S/C21H21FN4OS/c1-14(19-7-4-12-26(19)2)23-21(28)25-18-10-8-17(9-11-18)24-20(27)15-5-3-6-16(22)13-15/h3-14H,1-2H3,(H,24,27)(H2,23,25,28). The Bertz CT molecular complexity index is 984. The summed E-state index contributed by atoms with van der Waals surface area (Å²) in [6.07, 6.45) is 1.99. The first-order valence-electron chi connectivity index (χ1n) is 8.78. The zero-order chi connectivity index (χ0) is 20.1. The topological polar surface area (TPSA) is 58.1 Å². The van der Waals surface area contributed by atoms with E-state index < -0.39 is 5.82 Å². The average molecular weight is 396 g/mol. The molecule has 1 heterocycles. The number of halogens is 1. The molecule has 1 amide bonds. The van der Waals surface area contributed by atoms with Gasteiger partial charge in [-0.2, -0.15) is 0 Å². The van der Waals surface area contributed by atoms with Crippen molar-refractivity contribution in [1.29, 1.82) is 0 Å². The fourth-order valence-corrected chi connectivity index (χ4v) is 3.13. The van der Waals surface area contributed by atoms with Crippen LogP contribution in [0.1, 0.15) is 29.0 Å². The van der Waals surface area contributed by atoms with Gasteiger partial charge in [-0.15, -0.1) is 0 Å². The first kappa shape index (κ1) is 19.6. The number of anilines is 2. The van der Waals surface area contributed by atoms with E-state index >= 15 is 0 Å². The third-order valence-corrected chi connectivity index (χ3v) is 4.48. The monoisotopic (exact) mass is 396 g/mol. The Balaban J connectivity index is 1.56. The number of carbonyl (C=O) groups is 1. The summed E-state index contributed by atoms with van der Waals surface area (Å²) >= 11 is 5.37. The van der Waals surface area contributed by atoms with Crippen LogP contribution in [0.2, 0.25) is 0 Å². The molecular formula is C21H21FN4OS. The van der Waals surface area contributed by atoms with Gasteiger partial charge in [0.1, 0.15) is 5.82 Å². The smallest absolute Gasteiger partial charge is 0.255 e. The van der Waals surface area contributed by atoms with Crippen molar-refractivity contribution < 1.29 is 9.18 Å². The summed E-state index contributed by atoms with van der Waals surface area (Å²) in [7, 11) is 1.99. The highest BCUT2D eigenvalue weighted by atomic mass is 32.1. The molecule has 0 bridgehead atoms. The lowest BCUT2D eigenvalue weighted by molar-refractivity contribution is 0.102. The Kier molecular flexibility index (Phi) is 6.06. The number of nitrogens with zero attached hydrogens (tertiary/aromatic N) is 1. The SMILES string of the molecule is CC(NC(=S)Nc1ccc(NC(=O)c2cccc(F)c2)cc1)c1cccn1C. The number of thiocarbonyl (C=S) groups is 1. The minimum atomic E-state index is -0.446. The van der Waals surface area contributed by atoms with Gasteiger partial charge < -0.3 is 20.5 Å². The van der Waals surface area contributed by atoms with Crippen molar-refractivity contribution >= 4 is 34.6 Å². The van der Waals surface area contributed by atoms with Gasteiger partial charge in [0, 0.05) is 35.9 Å². The van der Waals surface area contributed by atoms with Crippen LogP contribution in [0.4, 0.5) is 15.8 Å². The normalized spacial score (nSPS) is 11.5. The van der Waals surface area contributed by atoms with Crippen LogP contribution in [-0.2, 0) is 7.05 Å². The lowest BCUT2D eigenvalue weighted by Gasteiger charge is -2.18. The summed E-state index contributed by atoms with van der Waals surface area (Å²) in [5.74, 6) is -0.813. The lowest BCUT2D eigenvalue weighted by Crippen LogP contribution is -2.31. The van der Waals surface area contributed by atoms with Crippen molar-refractivity contribution in [3.63, 3.8) is 0 Å². The van der Waals surface area contributed by atoms with E-state index in [1.54, 1.807) is 18.2 Å². The molecule has 0 aliphatic rings. The van der Waals surface area contributed by atoms with Gasteiger partial charge in [0.05, 0.1) is 6.04 Å². The number of aromatic nitrogens is 1. The van der Waals surface area contributed by atoms with Crippen molar-refractivity contribution in [3.8, 4) is 0 Å². The summed E-state index contributed by atoms with van der Waals surface area (Å²) < 4.78 is 15.3. The molecule has 1 aromatic heterocycles. The molecule has 3 rings (SSSR count). The van der Waals surface area contributed by atoms with Crippen LogP contribution in [0.3, 0.4) is 0 Å². The molecule has 7 heteroatoms. The maximum atomic E-state index is 13.2. The van der Waals surface area contributed by atoms with Crippen molar-refractivity contribution in [2.45, 2.75) is 13.0 Å². The molecule has 28 heavy (non-hydrogen) atoms. The first-order chi connectivity index (χ1) is 13.4. The van der Waals surface area contributed by atoms with Crippen LogP contribution >= 0.6 is 12.2 Å². The average Bonchev–Trinajstić information content (AvgIpc) is 3.09. The summed E-state index contributed by atoms with van der Waals surface area (Å²) in [5, 5.41) is 9.61. The third kappa shape index (κ3) is 4.95. The maximum absolute atomic E-state index is 13.2. The van der Waals surface area contributed by atoms with Gasteiger partial charge in [0.2, 0.25) is 0 Å². The van der Waals surface area contributed by atoms with E-state index in [1.807, 2.05) is 49.0 Å². The molecular weight excluding hydrogens is 375 g/mol. The summed E-state index contributed by atoms with van der Waals surface area (Å²) in [6.45, 7) is 2.04. The predicted molar refractivity (Wildman–Crippen MR) is 114 cm³/mol. The van der Waals surface area contributed by atoms with Crippen molar-refractivity contribution in [2.24, 2.45) is 7.05 Å². The van der Waals surface area contributed by atoms with E-state index in [2.05, 4.69) is 16.0 Å². The molecule has 0 saturated heterocycles. The van der Waals surface area contributed by atoms with Crippen molar-refractivity contribution in [2.75, 3.05) is 10.6 Å². The van der Waals surface area contributed by atoms with E-state index in [0.717, 1.165) is 11.4 Å². The zero-order valence-corrected chi connectivity index (χ0v) is 16.4. The van der Waals surface area contributed by atoms with Crippen molar-refractivity contribution in [3.05, 3.63) is 83.9 Å². The molecule has 0 radical (unpaired) electrons. The quantitative estimate of drug-likeness (QED) is 0.557. The number of aryl methyl sites for hydroxylation is 1. The zero-order valence-electron chi connectivity index (χ0n) is 15.6. The second kappa shape index (κ2) is 8.67. The van der Waals surface area contributed by atoms with E-state index in [1.165, 1.54) is 18.2 Å². The fourth-order valence-electron chi connectivity index (χ4n) is 2.83.